The van der Waals surface area contributed by atoms with Crippen molar-refractivity contribution in [2.24, 2.45) is 11.8 Å². The Balaban J connectivity index is 2.24. The second kappa shape index (κ2) is 10.2. The topological polar surface area (TPSA) is 44.4 Å². The summed E-state index contributed by atoms with van der Waals surface area (Å²) in [6.07, 6.45) is 4.68. The normalized spacial score (nSPS) is 21.5. The zero-order valence-electron chi connectivity index (χ0n) is 14.5. The molecule has 0 radical (unpaired) electrons. The zero-order valence-corrected chi connectivity index (χ0v) is 14.5. The number of nitrogens with zero attached hydrogens (tertiary/aromatic N) is 1. The molecule has 1 heterocycles. The van der Waals surface area contributed by atoms with Gasteiger partial charge in [-0.3, -0.25) is 9.69 Å². The summed E-state index contributed by atoms with van der Waals surface area (Å²) in [7, 11) is 0. The highest BCUT2D eigenvalue weighted by Gasteiger charge is 2.21. The summed E-state index contributed by atoms with van der Waals surface area (Å²) >= 11 is 0. The largest absolute Gasteiger partial charge is 0.353 e. The third-order valence-electron chi connectivity index (χ3n) is 4.08. The van der Waals surface area contributed by atoms with Gasteiger partial charge < -0.3 is 10.6 Å². The van der Waals surface area contributed by atoms with E-state index in [1.54, 1.807) is 0 Å². The molecule has 0 aromatic rings. The monoisotopic (exact) mass is 297 g/mol. The highest BCUT2D eigenvalue weighted by atomic mass is 16.2. The lowest BCUT2D eigenvalue weighted by atomic mass is 9.98. The minimum atomic E-state index is 0.187. The molecule has 21 heavy (non-hydrogen) atoms. The van der Waals surface area contributed by atoms with Crippen molar-refractivity contribution in [1.29, 1.82) is 0 Å². The van der Waals surface area contributed by atoms with Crippen LogP contribution in [0, 0.1) is 11.8 Å². The molecule has 1 aliphatic heterocycles. The first-order chi connectivity index (χ1) is 10.0. The van der Waals surface area contributed by atoms with Crippen LogP contribution in [-0.2, 0) is 4.79 Å². The Labute approximate surface area is 131 Å². The average Bonchev–Trinajstić information content (AvgIpc) is 2.38. The Kier molecular flexibility index (Phi) is 8.93. The smallest absolute Gasteiger partial charge is 0.234 e. The van der Waals surface area contributed by atoms with Crippen LogP contribution >= 0.6 is 0 Å². The number of amides is 1. The van der Waals surface area contributed by atoms with Crippen LogP contribution in [-0.4, -0.2) is 49.6 Å². The quantitative estimate of drug-likeness (QED) is 0.686. The van der Waals surface area contributed by atoms with Gasteiger partial charge in [-0.05, 0) is 57.7 Å². The standard InChI is InChI=1S/C17H35N3O/c1-5-7-15(4)19-17(21)13-20-9-6-8-16(12-20)11-18-10-14(2)3/h14-16,18H,5-13H2,1-4H3,(H,19,21). The second-order valence-corrected chi connectivity index (χ2v) is 7.05. The molecule has 0 aromatic carbocycles. The van der Waals surface area contributed by atoms with Gasteiger partial charge in [-0.25, -0.2) is 0 Å². The van der Waals surface area contributed by atoms with Crippen LogP contribution in [0.25, 0.3) is 0 Å². The number of carbonyl (C=O) groups is 1. The van der Waals surface area contributed by atoms with E-state index in [-0.39, 0.29) is 5.91 Å². The maximum atomic E-state index is 12.0. The van der Waals surface area contributed by atoms with Gasteiger partial charge in [0.15, 0.2) is 0 Å². The van der Waals surface area contributed by atoms with Gasteiger partial charge in [0, 0.05) is 12.6 Å². The highest BCUT2D eigenvalue weighted by molar-refractivity contribution is 5.78. The first kappa shape index (κ1) is 18.4. The summed E-state index contributed by atoms with van der Waals surface area (Å²) in [6.45, 7) is 13.6. The number of hydrogen-bond acceptors (Lipinski definition) is 3. The van der Waals surface area contributed by atoms with Crippen molar-refractivity contribution in [3.63, 3.8) is 0 Å². The molecule has 4 heteroatoms. The van der Waals surface area contributed by atoms with Gasteiger partial charge in [0.1, 0.15) is 0 Å². The van der Waals surface area contributed by atoms with Gasteiger partial charge in [-0.2, -0.15) is 0 Å². The molecular formula is C17H35N3O. The van der Waals surface area contributed by atoms with Crippen LogP contribution in [0.15, 0.2) is 0 Å². The molecule has 124 valence electrons. The van der Waals surface area contributed by atoms with E-state index in [2.05, 4.69) is 43.2 Å². The average molecular weight is 297 g/mol. The van der Waals surface area contributed by atoms with Gasteiger partial charge in [-0.1, -0.05) is 27.2 Å². The Hall–Kier alpha value is -0.610. The minimum Gasteiger partial charge on any atom is -0.353 e. The van der Waals surface area contributed by atoms with Crippen molar-refractivity contribution < 1.29 is 4.79 Å². The van der Waals surface area contributed by atoms with Gasteiger partial charge in [0.2, 0.25) is 5.91 Å². The third-order valence-corrected chi connectivity index (χ3v) is 4.08. The summed E-state index contributed by atoms with van der Waals surface area (Å²) in [5.74, 6) is 1.58. The lowest BCUT2D eigenvalue weighted by Crippen LogP contribution is -2.46. The molecule has 1 saturated heterocycles. The second-order valence-electron chi connectivity index (χ2n) is 7.05. The Morgan fingerprint density at radius 1 is 1.33 bits per heavy atom. The van der Waals surface area contributed by atoms with E-state index in [1.165, 1.54) is 12.8 Å². The molecule has 0 aromatic heterocycles. The lowest BCUT2D eigenvalue weighted by molar-refractivity contribution is -0.123. The molecule has 0 bridgehead atoms. The van der Waals surface area contributed by atoms with Gasteiger partial charge in [0.05, 0.1) is 6.54 Å². The molecule has 2 atom stereocenters. The highest BCUT2D eigenvalue weighted by Crippen LogP contribution is 2.15. The van der Waals surface area contributed by atoms with E-state index < -0.39 is 0 Å². The third kappa shape index (κ3) is 8.42. The van der Waals surface area contributed by atoms with E-state index in [0.29, 0.717) is 24.4 Å². The Morgan fingerprint density at radius 3 is 2.76 bits per heavy atom. The number of likely N-dealkylation sites (tertiary alicyclic amines) is 1. The summed E-state index contributed by atoms with van der Waals surface area (Å²) in [4.78, 5) is 14.4. The molecule has 1 aliphatic rings. The van der Waals surface area contributed by atoms with Gasteiger partial charge in [0.25, 0.3) is 0 Å². The maximum Gasteiger partial charge on any atom is 0.234 e. The van der Waals surface area contributed by atoms with E-state index >= 15 is 0 Å². The minimum absolute atomic E-state index is 0.187. The molecular weight excluding hydrogens is 262 g/mol. The maximum absolute atomic E-state index is 12.0. The van der Waals surface area contributed by atoms with E-state index in [9.17, 15) is 4.79 Å². The van der Waals surface area contributed by atoms with Crippen LogP contribution in [0.2, 0.25) is 0 Å². The van der Waals surface area contributed by atoms with Crippen molar-refractivity contribution in [2.45, 2.75) is 59.4 Å². The summed E-state index contributed by atoms with van der Waals surface area (Å²) in [5.41, 5.74) is 0. The van der Waals surface area contributed by atoms with Crippen LogP contribution in [0.1, 0.15) is 53.4 Å². The number of piperidine rings is 1. The van der Waals surface area contributed by atoms with Crippen molar-refractivity contribution >= 4 is 5.91 Å². The Morgan fingerprint density at radius 2 is 2.10 bits per heavy atom. The number of nitrogens with one attached hydrogen (secondary N) is 2. The van der Waals surface area contributed by atoms with Crippen LogP contribution in [0.5, 0.6) is 0 Å². The van der Waals surface area contributed by atoms with Gasteiger partial charge in [-0.15, -0.1) is 0 Å². The van der Waals surface area contributed by atoms with Crippen molar-refractivity contribution in [3.05, 3.63) is 0 Å². The van der Waals surface area contributed by atoms with Crippen LogP contribution in [0.4, 0.5) is 0 Å². The molecule has 1 amide bonds. The van der Waals surface area contributed by atoms with Crippen molar-refractivity contribution in [3.8, 4) is 0 Å². The molecule has 2 N–H and O–H groups in total. The Bertz CT molecular complexity index is 294. The molecule has 4 nitrogen and oxygen atoms in total. The number of hydrogen-bond donors (Lipinski definition) is 2. The SMILES string of the molecule is CCCC(C)NC(=O)CN1CCCC(CNCC(C)C)C1. The summed E-state index contributed by atoms with van der Waals surface area (Å²) in [5, 5.41) is 6.65. The molecule has 0 spiro atoms. The first-order valence-corrected chi connectivity index (χ1v) is 8.73. The predicted octanol–water partition coefficient (Wildman–Crippen LogP) is 2.25. The van der Waals surface area contributed by atoms with Crippen LogP contribution in [0.3, 0.4) is 0 Å². The zero-order chi connectivity index (χ0) is 15.7. The van der Waals surface area contributed by atoms with Gasteiger partial charge >= 0.3 is 0 Å². The molecule has 0 saturated carbocycles. The fourth-order valence-corrected chi connectivity index (χ4v) is 3.07. The van der Waals surface area contributed by atoms with E-state index in [4.69, 9.17) is 0 Å². The van der Waals surface area contributed by atoms with Crippen molar-refractivity contribution in [1.82, 2.24) is 15.5 Å². The fraction of sp³-hybridized carbons (Fsp3) is 0.941. The van der Waals surface area contributed by atoms with E-state index in [0.717, 1.165) is 39.0 Å². The first-order valence-electron chi connectivity index (χ1n) is 8.73. The van der Waals surface area contributed by atoms with Crippen LogP contribution < -0.4 is 10.6 Å². The molecule has 2 unspecified atom stereocenters. The fourth-order valence-electron chi connectivity index (χ4n) is 3.07. The summed E-state index contributed by atoms with van der Waals surface area (Å²) in [6, 6.07) is 0.302. The lowest BCUT2D eigenvalue weighted by Gasteiger charge is -2.32. The predicted molar refractivity (Wildman–Crippen MR) is 89.4 cm³/mol. The molecule has 0 aliphatic carbocycles. The molecule has 1 rings (SSSR count). The van der Waals surface area contributed by atoms with E-state index in [1.807, 2.05) is 0 Å². The summed E-state index contributed by atoms with van der Waals surface area (Å²) < 4.78 is 0. The molecule has 1 fully saturated rings. The number of carbonyl (C=O) groups excluding carboxylic acids is 1. The number of rotatable bonds is 9. The van der Waals surface area contributed by atoms with Crippen molar-refractivity contribution in [2.75, 3.05) is 32.7 Å².